The van der Waals surface area contributed by atoms with Crippen molar-refractivity contribution in [3.8, 4) is 11.4 Å². The number of aromatic nitrogens is 3. The summed E-state index contributed by atoms with van der Waals surface area (Å²) in [5.41, 5.74) is 3.58. The molecule has 0 amide bonds. The van der Waals surface area contributed by atoms with Crippen LogP contribution in [-0.2, 0) is 6.67 Å². The van der Waals surface area contributed by atoms with Gasteiger partial charge >= 0.3 is 0 Å². The normalized spacial score (nSPS) is 15.3. The van der Waals surface area contributed by atoms with Crippen LogP contribution in [0.25, 0.3) is 11.4 Å². The van der Waals surface area contributed by atoms with Crippen molar-refractivity contribution in [3.63, 3.8) is 0 Å². The number of nitrogens with zero attached hydrogens (tertiary/aromatic N) is 4. The first-order valence-corrected chi connectivity index (χ1v) is 9.84. The third kappa shape index (κ3) is 4.24. The fourth-order valence-corrected chi connectivity index (χ4v) is 3.68. The van der Waals surface area contributed by atoms with E-state index in [0.29, 0.717) is 9.79 Å². The minimum Gasteiger partial charge on any atom is -0.369 e. The van der Waals surface area contributed by atoms with Crippen molar-refractivity contribution in [3.05, 3.63) is 63.9 Å². The standard InChI is InChI=1S/C20H22ClN5S/c1-15-3-2-4-18(13-15)25-11-9-24(10-12-25)14-26-20(27)22-19(23-26)16-5-7-17(21)8-6-16/h2-8,13H,9-12,14H2,1H3,(H,22,23,27). The Balaban J connectivity index is 1.41. The summed E-state index contributed by atoms with van der Waals surface area (Å²) in [6.45, 7) is 6.86. The smallest absolute Gasteiger partial charge is 0.217 e. The summed E-state index contributed by atoms with van der Waals surface area (Å²) in [7, 11) is 0. The Labute approximate surface area is 169 Å². The van der Waals surface area contributed by atoms with Crippen LogP contribution in [0.5, 0.6) is 0 Å². The van der Waals surface area contributed by atoms with Crippen molar-refractivity contribution in [1.29, 1.82) is 0 Å². The lowest BCUT2D eigenvalue weighted by Gasteiger charge is -2.36. The van der Waals surface area contributed by atoms with Gasteiger partial charge in [0, 0.05) is 42.5 Å². The fourth-order valence-electron chi connectivity index (χ4n) is 3.36. The zero-order chi connectivity index (χ0) is 18.8. The minimum atomic E-state index is 0.570. The average Bonchev–Trinajstić information content (AvgIpc) is 3.03. The largest absolute Gasteiger partial charge is 0.369 e. The first kappa shape index (κ1) is 18.2. The van der Waals surface area contributed by atoms with Crippen molar-refractivity contribution in [2.75, 3.05) is 31.1 Å². The molecule has 5 nitrogen and oxygen atoms in total. The summed E-state index contributed by atoms with van der Waals surface area (Å²) in [5.74, 6) is 0.773. The number of aromatic amines is 1. The Hall–Kier alpha value is -2.15. The summed E-state index contributed by atoms with van der Waals surface area (Å²) in [6, 6.07) is 16.3. The molecular weight excluding hydrogens is 378 g/mol. The van der Waals surface area contributed by atoms with Gasteiger partial charge in [-0.15, -0.1) is 0 Å². The third-order valence-electron chi connectivity index (χ3n) is 4.88. The van der Waals surface area contributed by atoms with Gasteiger partial charge in [0.15, 0.2) is 5.82 Å². The van der Waals surface area contributed by atoms with Crippen molar-refractivity contribution >= 4 is 29.5 Å². The molecule has 7 heteroatoms. The van der Waals surface area contributed by atoms with Crippen LogP contribution in [0.4, 0.5) is 5.69 Å². The number of rotatable bonds is 4. The summed E-state index contributed by atoms with van der Waals surface area (Å²) in [6.07, 6.45) is 0. The topological polar surface area (TPSA) is 40.1 Å². The molecule has 0 radical (unpaired) electrons. The van der Waals surface area contributed by atoms with Crippen molar-refractivity contribution < 1.29 is 0 Å². The summed E-state index contributed by atoms with van der Waals surface area (Å²) >= 11 is 11.4. The molecule has 1 aliphatic rings. The van der Waals surface area contributed by atoms with E-state index in [-0.39, 0.29) is 0 Å². The molecule has 1 aliphatic heterocycles. The lowest BCUT2D eigenvalue weighted by Crippen LogP contribution is -2.47. The van der Waals surface area contributed by atoms with Gasteiger partial charge in [-0.2, -0.15) is 4.98 Å². The van der Waals surface area contributed by atoms with Crippen LogP contribution in [0.3, 0.4) is 0 Å². The zero-order valence-corrected chi connectivity index (χ0v) is 16.8. The van der Waals surface area contributed by atoms with E-state index in [4.69, 9.17) is 23.8 Å². The highest BCUT2D eigenvalue weighted by molar-refractivity contribution is 7.71. The van der Waals surface area contributed by atoms with Crippen LogP contribution >= 0.6 is 23.8 Å². The second kappa shape index (κ2) is 7.84. The number of benzene rings is 2. The van der Waals surface area contributed by atoms with E-state index in [9.17, 15) is 0 Å². The van der Waals surface area contributed by atoms with Crippen molar-refractivity contribution in [2.45, 2.75) is 13.6 Å². The maximum Gasteiger partial charge on any atom is 0.217 e. The highest BCUT2D eigenvalue weighted by Gasteiger charge is 2.18. The van der Waals surface area contributed by atoms with E-state index in [0.717, 1.165) is 44.2 Å². The van der Waals surface area contributed by atoms with Crippen LogP contribution in [0.1, 0.15) is 5.56 Å². The van der Waals surface area contributed by atoms with E-state index in [1.165, 1.54) is 11.3 Å². The second-order valence-corrected chi connectivity index (χ2v) is 7.68. The number of halogens is 1. The molecule has 0 saturated carbocycles. The lowest BCUT2D eigenvalue weighted by molar-refractivity contribution is 0.194. The minimum absolute atomic E-state index is 0.570. The van der Waals surface area contributed by atoms with Gasteiger partial charge in [0.1, 0.15) is 0 Å². The molecule has 1 saturated heterocycles. The Morgan fingerprint density at radius 3 is 2.52 bits per heavy atom. The van der Waals surface area contributed by atoms with E-state index in [2.05, 4.69) is 51.1 Å². The van der Waals surface area contributed by atoms with Gasteiger partial charge < -0.3 is 4.90 Å². The van der Waals surface area contributed by atoms with Crippen LogP contribution in [0, 0.1) is 11.7 Å². The molecule has 2 aromatic carbocycles. The molecule has 0 atom stereocenters. The molecule has 27 heavy (non-hydrogen) atoms. The molecular formula is C20H22ClN5S. The second-order valence-electron chi connectivity index (χ2n) is 6.88. The molecule has 1 N–H and O–H groups in total. The predicted molar refractivity (Wildman–Crippen MR) is 113 cm³/mol. The number of H-pyrrole nitrogens is 1. The highest BCUT2D eigenvalue weighted by Crippen LogP contribution is 2.20. The summed E-state index contributed by atoms with van der Waals surface area (Å²) < 4.78 is 2.50. The molecule has 1 aromatic heterocycles. The van der Waals surface area contributed by atoms with Crippen molar-refractivity contribution in [2.24, 2.45) is 0 Å². The molecule has 3 aromatic rings. The van der Waals surface area contributed by atoms with E-state index in [1.807, 2.05) is 28.9 Å². The monoisotopic (exact) mass is 399 g/mol. The van der Waals surface area contributed by atoms with Gasteiger partial charge in [-0.05, 0) is 61.1 Å². The number of anilines is 1. The Morgan fingerprint density at radius 2 is 1.81 bits per heavy atom. The fraction of sp³-hybridized carbons (Fsp3) is 0.300. The molecule has 140 valence electrons. The zero-order valence-electron chi connectivity index (χ0n) is 15.2. The van der Waals surface area contributed by atoms with Crippen LogP contribution in [-0.4, -0.2) is 45.8 Å². The maximum absolute atomic E-state index is 5.96. The first-order chi connectivity index (χ1) is 13.1. The number of nitrogens with one attached hydrogen (secondary N) is 1. The molecule has 4 rings (SSSR count). The van der Waals surface area contributed by atoms with E-state index < -0.39 is 0 Å². The first-order valence-electron chi connectivity index (χ1n) is 9.05. The lowest BCUT2D eigenvalue weighted by atomic mass is 10.2. The Kier molecular flexibility index (Phi) is 5.29. The maximum atomic E-state index is 5.96. The SMILES string of the molecule is Cc1cccc(N2CCN(Cn3[nH]c(-c4ccc(Cl)cc4)nc3=S)CC2)c1. The molecule has 0 bridgehead atoms. The summed E-state index contributed by atoms with van der Waals surface area (Å²) in [5, 5.41) is 4.03. The Morgan fingerprint density at radius 1 is 1.07 bits per heavy atom. The number of hydrogen-bond donors (Lipinski definition) is 1. The van der Waals surface area contributed by atoms with Gasteiger partial charge in [0.25, 0.3) is 0 Å². The summed E-state index contributed by atoms with van der Waals surface area (Å²) in [4.78, 5) is 9.32. The molecule has 0 aliphatic carbocycles. The van der Waals surface area contributed by atoms with Crippen LogP contribution in [0.2, 0.25) is 5.02 Å². The van der Waals surface area contributed by atoms with E-state index >= 15 is 0 Å². The van der Waals surface area contributed by atoms with Gasteiger partial charge in [0.2, 0.25) is 4.77 Å². The molecule has 2 heterocycles. The molecule has 1 fully saturated rings. The third-order valence-corrected chi connectivity index (χ3v) is 5.44. The van der Waals surface area contributed by atoms with Crippen LogP contribution in [0.15, 0.2) is 48.5 Å². The number of hydrogen-bond acceptors (Lipinski definition) is 4. The Bertz CT molecular complexity index is 971. The number of piperazine rings is 1. The average molecular weight is 400 g/mol. The van der Waals surface area contributed by atoms with Crippen LogP contribution < -0.4 is 4.90 Å². The van der Waals surface area contributed by atoms with Gasteiger partial charge in [-0.3, -0.25) is 10.00 Å². The highest BCUT2D eigenvalue weighted by atomic mass is 35.5. The quantitative estimate of drug-likeness (QED) is 0.662. The van der Waals surface area contributed by atoms with Gasteiger partial charge in [0.05, 0.1) is 6.67 Å². The van der Waals surface area contributed by atoms with Gasteiger partial charge in [-0.1, -0.05) is 23.7 Å². The van der Waals surface area contributed by atoms with Crippen molar-refractivity contribution in [1.82, 2.24) is 19.7 Å². The number of aryl methyl sites for hydroxylation is 1. The van der Waals surface area contributed by atoms with E-state index in [1.54, 1.807) is 0 Å². The molecule has 0 spiro atoms. The predicted octanol–water partition coefficient (Wildman–Crippen LogP) is 4.35. The van der Waals surface area contributed by atoms with Gasteiger partial charge in [-0.25, -0.2) is 4.68 Å². The molecule has 0 unspecified atom stereocenters.